The summed E-state index contributed by atoms with van der Waals surface area (Å²) in [7, 11) is 2.14. The van der Waals surface area contributed by atoms with Crippen molar-refractivity contribution < 1.29 is 4.42 Å². The van der Waals surface area contributed by atoms with Crippen LogP contribution in [0, 0.1) is 0 Å². The van der Waals surface area contributed by atoms with E-state index in [2.05, 4.69) is 27.5 Å². The highest BCUT2D eigenvalue weighted by Crippen LogP contribution is 2.19. The fraction of sp³-hybridized carbons (Fsp3) is 0.500. The molecule has 0 aliphatic carbocycles. The smallest absolute Gasteiger partial charge is 0.247 e. The number of nitrogens with one attached hydrogen (secondary N) is 1. The molecule has 112 valence electrons. The van der Waals surface area contributed by atoms with E-state index in [0.717, 1.165) is 18.7 Å². The first-order chi connectivity index (χ1) is 10.3. The highest BCUT2D eigenvalue weighted by atomic mass is 16.4. The molecule has 1 aliphatic heterocycles. The van der Waals surface area contributed by atoms with Gasteiger partial charge in [0.2, 0.25) is 11.8 Å². The number of hydrogen-bond acceptors (Lipinski definition) is 5. The van der Waals surface area contributed by atoms with E-state index in [-0.39, 0.29) is 0 Å². The molecule has 0 bridgehead atoms. The lowest BCUT2D eigenvalue weighted by atomic mass is 10.1. The van der Waals surface area contributed by atoms with Crippen LogP contribution in [0.3, 0.4) is 0 Å². The molecule has 1 aromatic carbocycles. The van der Waals surface area contributed by atoms with E-state index in [1.165, 1.54) is 19.3 Å². The third kappa shape index (κ3) is 3.68. The first-order valence-corrected chi connectivity index (χ1v) is 7.61. The number of aromatic nitrogens is 2. The van der Waals surface area contributed by atoms with Gasteiger partial charge in [0.25, 0.3) is 0 Å². The minimum Gasteiger partial charge on any atom is -0.419 e. The van der Waals surface area contributed by atoms with Gasteiger partial charge in [-0.25, -0.2) is 0 Å². The van der Waals surface area contributed by atoms with Crippen LogP contribution in [0.1, 0.15) is 25.2 Å². The Morgan fingerprint density at radius 2 is 2.05 bits per heavy atom. The lowest BCUT2D eigenvalue weighted by Gasteiger charge is -2.25. The zero-order chi connectivity index (χ0) is 14.5. The number of benzene rings is 1. The second kappa shape index (κ2) is 6.83. The van der Waals surface area contributed by atoms with Crippen LogP contribution in [0.15, 0.2) is 34.7 Å². The van der Waals surface area contributed by atoms with E-state index in [1.807, 2.05) is 30.3 Å². The Morgan fingerprint density at radius 1 is 1.19 bits per heavy atom. The fourth-order valence-electron chi connectivity index (χ4n) is 2.80. The zero-order valence-corrected chi connectivity index (χ0v) is 12.5. The molecule has 1 aliphatic rings. The van der Waals surface area contributed by atoms with Gasteiger partial charge in [-0.3, -0.25) is 4.90 Å². The van der Waals surface area contributed by atoms with Gasteiger partial charge < -0.3 is 9.73 Å². The fourth-order valence-corrected chi connectivity index (χ4v) is 2.80. The van der Waals surface area contributed by atoms with Crippen LogP contribution in [-0.2, 0) is 6.54 Å². The largest absolute Gasteiger partial charge is 0.419 e. The Morgan fingerprint density at radius 3 is 2.90 bits per heavy atom. The predicted octanol–water partition coefficient (Wildman–Crippen LogP) is 2.31. The number of nitrogens with zero attached hydrogens (tertiary/aromatic N) is 3. The zero-order valence-electron chi connectivity index (χ0n) is 12.5. The molecule has 1 fully saturated rings. The van der Waals surface area contributed by atoms with Gasteiger partial charge in [-0.2, -0.15) is 0 Å². The summed E-state index contributed by atoms with van der Waals surface area (Å²) < 4.78 is 5.78. The van der Waals surface area contributed by atoms with Crippen molar-refractivity contribution in [2.24, 2.45) is 0 Å². The van der Waals surface area contributed by atoms with Gasteiger partial charge in [0, 0.05) is 11.6 Å². The van der Waals surface area contributed by atoms with Crippen LogP contribution in [0.25, 0.3) is 11.5 Å². The first kappa shape index (κ1) is 14.2. The molecule has 1 aromatic heterocycles. The van der Waals surface area contributed by atoms with E-state index in [4.69, 9.17) is 4.42 Å². The molecule has 0 amide bonds. The van der Waals surface area contributed by atoms with Crippen LogP contribution >= 0.6 is 0 Å². The van der Waals surface area contributed by atoms with Gasteiger partial charge in [-0.1, -0.05) is 18.2 Å². The lowest BCUT2D eigenvalue weighted by Crippen LogP contribution is -2.32. The van der Waals surface area contributed by atoms with Crippen molar-refractivity contribution in [3.05, 3.63) is 36.2 Å². The first-order valence-electron chi connectivity index (χ1n) is 7.61. The maximum absolute atomic E-state index is 5.78. The topological polar surface area (TPSA) is 54.2 Å². The van der Waals surface area contributed by atoms with Crippen molar-refractivity contribution in [1.82, 2.24) is 20.4 Å². The summed E-state index contributed by atoms with van der Waals surface area (Å²) in [6.45, 7) is 2.93. The van der Waals surface area contributed by atoms with Crippen molar-refractivity contribution in [2.45, 2.75) is 31.8 Å². The summed E-state index contributed by atoms with van der Waals surface area (Å²) in [4.78, 5) is 2.33. The Kier molecular flexibility index (Phi) is 4.62. The monoisotopic (exact) mass is 286 g/mol. The van der Waals surface area contributed by atoms with E-state index in [1.54, 1.807) is 0 Å². The molecule has 2 aromatic rings. The summed E-state index contributed by atoms with van der Waals surface area (Å²) in [6, 6.07) is 10.5. The number of rotatable bonds is 4. The molecule has 0 radical (unpaired) electrons. The third-order valence-electron chi connectivity index (χ3n) is 4.04. The average Bonchev–Trinajstić information content (AvgIpc) is 2.81. The summed E-state index contributed by atoms with van der Waals surface area (Å²) in [5, 5.41) is 11.8. The summed E-state index contributed by atoms with van der Waals surface area (Å²) >= 11 is 0. The Bertz CT molecular complexity index is 546. The molecule has 1 saturated heterocycles. The molecule has 0 saturated carbocycles. The quantitative estimate of drug-likeness (QED) is 0.934. The van der Waals surface area contributed by atoms with Crippen LogP contribution in [0.4, 0.5) is 0 Å². The van der Waals surface area contributed by atoms with Crippen molar-refractivity contribution >= 4 is 0 Å². The number of hydrogen-bond donors (Lipinski definition) is 1. The average molecular weight is 286 g/mol. The van der Waals surface area contributed by atoms with E-state index in [9.17, 15) is 0 Å². The van der Waals surface area contributed by atoms with Crippen molar-refractivity contribution in [3.8, 4) is 11.5 Å². The summed E-state index contributed by atoms with van der Waals surface area (Å²) in [5.74, 6) is 1.29. The van der Waals surface area contributed by atoms with Gasteiger partial charge in [-0.15, -0.1) is 10.2 Å². The molecule has 1 unspecified atom stereocenters. The molecule has 5 nitrogen and oxygen atoms in total. The second-order valence-electron chi connectivity index (χ2n) is 5.62. The molecular formula is C16H22N4O. The molecule has 1 atom stereocenters. The molecule has 1 N–H and O–H groups in total. The van der Waals surface area contributed by atoms with Crippen molar-refractivity contribution in [3.63, 3.8) is 0 Å². The van der Waals surface area contributed by atoms with E-state index >= 15 is 0 Å². The van der Waals surface area contributed by atoms with E-state index in [0.29, 0.717) is 24.4 Å². The molecular weight excluding hydrogens is 264 g/mol. The van der Waals surface area contributed by atoms with Gasteiger partial charge in [0.15, 0.2) is 0 Å². The maximum Gasteiger partial charge on any atom is 0.247 e. The lowest BCUT2D eigenvalue weighted by molar-refractivity contribution is 0.198. The summed E-state index contributed by atoms with van der Waals surface area (Å²) in [5.41, 5.74) is 0.970. The van der Waals surface area contributed by atoms with Crippen LogP contribution in [-0.4, -0.2) is 41.3 Å². The van der Waals surface area contributed by atoms with Gasteiger partial charge in [-0.05, 0) is 51.5 Å². The van der Waals surface area contributed by atoms with Crippen LogP contribution in [0.2, 0.25) is 0 Å². The highest BCUT2D eigenvalue weighted by molar-refractivity contribution is 5.51. The second-order valence-corrected chi connectivity index (χ2v) is 5.62. The van der Waals surface area contributed by atoms with Gasteiger partial charge >= 0.3 is 0 Å². The Labute approximate surface area is 125 Å². The van der Waals surface area contributed by atoms with Crippen LogP contribution < -0.4 is 5.32 Å². The SMILES string of the molecule is CN(Cc1nnc(-c2ccccc2)o1)C1CCCNCC1. The minimum atomic E-state index is 0.590. The third-order valence-corrected chi connectivity index (χ3v) is 4.04. The highest BCUT2D eigenvalue weighted by Gasteiger charge is 2.19. The summed E-state index contributed by atoms with van der Waals surface area (Å²) in [6.07, 6.45) is 3.63. The van der Waals surface area contributed by atoms with E-state index < -0.39 is 0 Å². The van der Waals surface area contributed by atoms with Gasteiger partial charge in [0.05, 0.1) is 6.54 Å². The minimum absolute atomic E-state index is 0.590. The molecule has 21 heavy (non-hydrogen) atoms. The van der Waals surface area contributed by atoms with Gasteiger partial charge in [0.1, 0.15) is 0 Å². The molecule has 3 rings (SSSR count). The van der Waals surface area contributed by atoms with Crippen molar-refractivity contribution in [1.29, 1.82) is 0 Å². The Balaban J connectivity index is 1.64. The van der Waals surface area contributed by atoms with Crippen LogP contribution in [0.5, 0.6) is 0 Å². The standard InChI is InChI=1S/C16H22N4O/c1-20(14-8-5-10-17-11-9-14)12-15-18-19-16(21-15)13-6-3-2-4-7-13/h2-4,6-7,14,17H,5,8-12H2,1H3. The maximum atomic E-state index is 5.78. The molecule has 2 heterocycles. The molecule has 5 heteroatoms. The normalized spacial score (nSPS) is 19.6. The Hall–Kier alpha value is -1.72. The van der Waals surface area contributed by atoms with Crippen molar-refractivity contribution in [2.75, 3.05) is 20.1 Å². The molecule has 0 spiro atoms. The predicted molar refractivity (Wildman–Crippen MR) is 81.7 cm³/mol.